The van der Waals surface area contributed by atoms with Gasteiger partial charge in [-0.3, -0.25) is 9.59 Å². The van der Waals surface area contributed by atoms with E-state index in [1.165, 1.54) is 0 Å². The first kappa shape index (κ1) is 20.2. The summed E-state index contributed by atoms with van der Waals surface area (Å²) < 4.78 is 5.37. The predicted octanol–water partition coefficient (Wildman–Crippen LogP) is 3.54. The van der Waals surface area contributed by atoms with Crippen LogP contribution in [-0.2, 0) is 22.6 Å². The van der Waals surface area contributed by atoms with E-state index in [9.17, 15) is 9.59 Å². The van der Waals surface area contributed by atoms with Gasteiger partial charge in [-0.05, 0) is 36.6 Å². The van der Waals surface area contributed by atoms with Crippen molar-refractivity contribution in [3.05, 3.63) is 64.7 Å². The van der Waals surface area contributed by atoms with Gasteiger partial charge in [-0.1, -0.05) is 41.9 Å². The summed E-state index contributed by atoms with van der Waals surface area (Å²) in [5.41, 5.74) is 1.80. The summed E-state index contributed by atoms with van der Waals surface area (Å²) in [6.45, 7) is 0.996. The Morgan fingerprint density at radius 1 is 1.21 bits per heavy atom. The predicted molar refractivity (Wildman–Crippen MR) is 109 cm³/mol. The summed E-state index contributed by atoms with van der Waals surface area (Å²) >= 11 is 6.09. The third kappa shape index (κ3) is 4.65. The van der Waals surface area contributed by atoms with Crippen molar-refractivity contribution in [1.82, 2.24) is 9.80 Å². The zero-order chi connectivity index (χ0) is 20.1. The molecular formula is C22H25ClN2O3. The molecular weight excluding hydrogens is 376 g/mol. The van der Waals surface area contributed by atoms with E-state index in [1.807, 2.05) is 30.3 Å². The molecule has 1 unspecified atom stereocenters. The molecule has 0 spiro atoms. The number of carbonyl (C=O) groups is 2. The fourth-order valence-corrected chi connectivity index (χ4v) is 3.85. The third-order valence-electron chi connectivity index (χ3n) is 5.08. The largest absolute Gasteiger partial charge is 0.496 e. The third-order valence-corrected chi connectivity index (χ3v) is 5.32. The second-order valence-corrected chi connectivity index (χ2v) is 7.49. The molecule has 0 bridgehead atoms. The van der Waals surface area contributed by atoms with Crippen molar-refractivity contribution < 1.29 is 14.3 Å². The standard InChI is InChI=1S/C22H25ClN2O3/c1-24(15-17-14-18(23)10-11-20(17)28-2)22(27)19-9-6-12-25(19)21(26)13-16-7-4-3-5-8-16/h3-5,7-8,10-11,14,19H,6,9,12-13,15H2,1-2H3. The van der Waals surface area contributed by atoms with Gasteiger partial charge in [-0.15, -0.1) is 0 Å². The van der Waals surface area contributed by atoms with Crippen LogP contribution in [0.5, 0.6) is 5.75 Å². The molecule has 2 aromatic carbocycles. The average Bonchev–Trinajstić information content (AvgIpc) is 3.18. The van der Waals surface area contributed by atoms with Crippen LogP contribution in [0.1, 0.15) is 24.0 Å². The molecule has 0 aliphatic carbocycles. The number of ether oxygens (including phenoxy) is 1. The van der Waals surface area contributed by atoms with Crippen LogP contribution in [-0.4, -0.2) is 48.4 Å². The first-order valence-electron chi connectivity index (χ1n) is 9.40. The molecule has 0 N–H and O–H groups in total. The molecule has 1 aliphatic heterocycles. The minimum atomic E-state index is -0.411. The van der Waals surface area contributed by atoms with E-state index in [0.717, 1.165) is 17.5 Å². The summed E-state index contributed by atoms with van der Waals surface area (Å²) in [4.78, 5) is 29.2. The fourth-order valence-electron chi connectivity index (χ4n) is 3.65. The Hall–Kier alpha value is -2.53. The van der Waals surface area contributed by atoms with Crippen LogP contribution in [0.4, 0.5) is 0 Å². The van der Waals surface area contributed by atoms with E-state index in [2.05, 4.69) is 0 Å². The Labute approximate surface area is 170 Å². The van der Waals surface area contributed by atoms with Crippen molar-refractivity contribution in [3.8, 4) is 5.75 Å². The molecule has 2 aromatic rings. The molecule has 28 heavy (non-hydrogen) atoms. The molecule has 1 aliphatic rings. The molecule has 1 heterocycles. The number of likely N-dealkylation sites (tertiary alicyclic amines) is 1. The lowest BCUT2D eigenvalue weighted by Gasteiger charge is -2.28. The summed E-state index contributed by atoms with van der Waals surface area (Å²) in [5.74, 6) is 0.629. The number of hydrogen-bond donors (Lipinski definition) is 0. The number of benzene rings is 2. The maximum atomic E-state index is 13.1. The Morgan fingerprint density at radius 3 is 2.68 bits per heavy atom. The molecule has 5 nitrogen and oxygen atoms in total. The molecule has 1 fully saturated rings. The van der Waals surface area contributed by atoms with Gasteiger partial charge in [0.15, 0.2) is 0 Å². The van der Waals surface area contributed by atoms with Crippen molar-refractivity contribution in [2.24, 2.45) is 0 Å². The maximum Gasteiger partial charge on any atom is 0.245 e. The highest BCUT2D eigenvalue weighted by molar-refractivity contribution is 6.30. The summed E-state index contributed by atoms with van der Waals surface area (Å²) in [6.07, 6.45) is 1.85. The first-order valence-corrected chi connectivity index (χ1v) is 9.78. The van der Waals surface area contributed by atoms with Crippen LogP contribution in [0.15, 0.2) is 48.5 Å². The highest BCUT2D eigenvalue weighted by Crippen LogP contribution is 2.26. The highest BCUT2D eigenvalue weighted by Gasteiger charge is 2.35. The quantitative estimate of drug-likeness (QED) is 0.745. The topological polar surface area (TPSA) is 49.9 Å². The van der Waals surface area contributed by atoms with Gasteiger partial charge in [-0.25, -0.2) is 0 Å². The maximum absolute atomic E-state index is 13.1. The Kier molecular flexibility index (Phi) is 6.57. The number of rotatable bonds is 6. The molecule has 1 atom stereocenters. The molecule has 3 rings (SSSR count). The van der Waals surface area contributed by atoms with Crippen molar-refractivity contribution in [2.45, 2.75) is 31.8 Å². The zero-order valence-corrected chi connectivity index (χ0v) is 17.0. The number of amides is 2. The van der Waals surface area contributed by atoms with E-state index in [1.54, 1.807) is 42.2 Å². The summed E-state index contributed by atoms with van der Waals surface area (Å²) in [5, 5.41) is 0.595. The second kappa shape index (κ2) is 9.11. The number of halogens is 1. The lowest BCUT2D eigenvalue weighted by molar-refractivity contribution is -0.143. The number of hydrogen-bond acceptors (Lipinski definition) is 3. The van der Waals surface area contributed by atoms with Gasteiger partial charge in [0.2, 0.25) is 11.8 Å². The van der Waals surface area contributed by atoms with Gasteiger partial charge in [0.05, 0.1) is 13.5 Å². The summed E-state index contributed by atoms with van der Waals surface area (Å²) in [6, 6.07) is 14.6. The van der Waals surface area contributed by atoms with Crippen LogP contribution < -0.4 is 4.74 Å². The Morgan fingerprint density at radius 2 is 1.96 bits per heavy atom. The minimum absolute atomic E-state index is 0.00390. The minimum Gasteiger partial charge on any atom is -0.496 e. The number of methoxy groups -OCH3 is 1. The van der Waals surface area contributed by atoms with Gasteiger partial charge in [-0.2, -0.15) is 0 Å². The molecule has 0 aromatic heterocycles. The highest BCUT2D eigenvalue weighted by atomic mass is 35.5. The number of carbonyl (C=O) groups excluding carboxylic acids is 2. The van der Waals surface area contributed by atoms with Crippen LogP contribution in [0.25, 0.3) is 0 Å². The van der Waals surface area contributed by atoms with Crippen molar-refractivity contribution in [3.63, 3.8) is 0 Å². The monoisotopic (exact) mass is 400 g/mol. The molecule has 1 saturated heterocycles. The van der Waals surface area contributed by atoms with Crippen molar-refractivity contribution in [1.29, 1.82) is 0 Å². The van der Waals surface area contributed by atoms with E-state index in [4.69, 9.17) is 16.3 Å². The van der Waals surface area contributed by atoms with Crippen LogP contribution in [0, 0.1) is 0 Å². The van der Waals surface area contributed by atoms with Gasteiger partial charge >= 0.3 is 0 Å². The van der Waals surface area contributed by atoms with E-state index >= 15 is 0 Å². The number of nitrogens with zero attached hydrogens (tertiary/aromatic N) is 2. The molecule has 0 saturated carbocycles. The lowest BCUT2D eigenvalue weighted by atomic mass is 10.1. The Balaban J connectivity index is 1.68. The van der Waals surface area contributed by atoms with E-state index < -0.39 is 6.04 Å². The first-order chi connectivity index (χ1) is 13.5. The van der Waals surface area contributed by atoms with Crippen LogP contribution >= 0.6 is 11.6 Å². The molecule has 6 heteroatoms. The van der Waals surface area contributed by atoms with E-state index in [0.29, 0.717) is 36.7 Å². The average molecular weight is 401 g/mol. The second-order valence-electron chi connectivity index (χ2n) is 7.06. The van der Waals surface area contributed by atoms with Gasteiger partial charge in [0.1, 0.15) is 11.8 Å². The van der Waals surface area contributed by atoms with Crippen molar-refractivity contribution in [2.75, 3.05) is 20.7 Å². The molecule has 2 amide bonds. The normalized spacial score (nSPS) is 16.1. The van der Waals surface area contributed by atoms with Gasteiger partial charge < -0.3 is 14.5 Å². The SMILES string of the molecule is COc1ccc(Cl)cc1CN(C)C(=O)C1CCCN1C(=O)Cc1ccccc1. The lowest BCUT2D eigenvalue weighted by Crippen LogP contribution is -2.46. The smallest absolute Gasteiger partial charge is 0.245 e. The fraction of sp³-hybridized carbons (Fsp3) is 0.364. The van der Waals surface area contributed by atoms with Crippen LogP contribution in [0.2, 0.25) is 5.02 Å². The molecule has 0 radical (unpaired) electrons. The summed E-state index contributed by atoms with van der Waals surface area (Å²) in [7, 11) is 3.34. The van der Waals surface area contributed by atoms with Gasteiger partial charge in [0, 0.05) is 30.7 Å². The van der Waals surface area contributed by atoms with Gasteiger partial charge in [0.25, 0.3) is 0 Å². The Bertz CT molecular complexity index is 841. The number of likely N-dealkylation sites (N-methyl/N-ethyl adjacent to an activating group) is 1. The van der Waals surface area contributed by atoms with Crippen molar-refractivity contribution >= 4 is 23.4 Å². The van der Waals surface area contributed by atoms with Crippen LogP contribution in [0.3, 0.4) is 0 Å². The zero-order valence-electron chi connectivity index (χ0n) is 16.2. The van der Waals surface area contributed by atoms with E-state index in [-0.39, 0.29) is 11.8 Å². The molecule has 148 valence electrons.